The van der Waals surface area contributed by atoms with Crippen molar-refractivity contribution in [3.8, 4) is 11.1 Å². The summed E-state index contributed by atoms with van der Waals surface area (Å²) in [7, 11) is 1.84. The molecule has 0 radical (unpaired) electrons. The molecular formula is C25H23ClF3NO2. The van der Waals surface area contributed by atoms with Crippen LogP contribution in [0.1, 0.15) is 36.8 Å². The number of hydrogen-bond acceptors (Lipinski definition) is 2. The third-order valence-electron chi connectivity index (χ3n) is 5.36. The zero-order valence-electron chi connectivity index (χ0n) is 17.7. The average Bonchev–Trinajstić information content (AvgIpc) is 2.76. The van der Waals surface area contributed by atoms with E-state index in [2.05, 4.69) is 0 Å². The van der Waals surface area contributed by atoms with Crippen molar-refractivity contribution < 1.29 is 23.1 Å². The van der Waals surface area contributed by atoms with Crippen molar-refractivity contribution in [1.82, 2.24) is 0 Å². The average molecular weight is 462 g/mol. The smallest absolute Gasteiger partial charge is 0.416 e. The quantitative estimate of drug-likeness (QED) is 0.390. The van der Waals surface area contributed by atoms with Crippen LogP contribution < -0.4 is 4.90 Å². The summed E-state index contributed by atoms with van der Waals surface area (Å²) in [5.41, 5.74) is 2.66. The van der Waals surface area contributed by atoms with E-state index in [0.717, 1.165) is 23.5 Å². The van der Waals surface area contributed by atoms with E-state index in [1.807, 2.05) is 43.1 Å². The van der Waals surface area contributed by atoms with Crippen LogP contribution >= 0.6 is 11.6 Å². The van der Waals surface area contributed by atoms with Gasteiger partial charge in [-0.2, -0.15) is 13.2 Å². The molecule has 0 aromatic heterocycles. The van der Waals surface area contributed by atoms with Crippen molar-refractivity contribution in [2.75, 3.05) is 11.9 Å². The Morgan fingerprint density at radius 3 is 2.12 bits per heavy atom. The van der Waals surface area contributed by atoms with Crippen molar-refractivity contribution in [3.05, 3.63) is 82.9 Å². The summed E-state index contributed by atoms with van der Waals surface area (Å²) in [5, 5.41) is 10.4. The van der Waals surface area contributed by atoms with E-state index >= 15 is 0 Å². The predicted octanol–water partition coefficient (Wildman–Crippen LogP) is 7.76. The van der Waals surface area contributed by atoms with E-state index < -0.39 is 23.6 Å². The molecule has 0 aliphatic heterocycles. The fraction of sp³-hybridized carbons (Fsp3) is 0.240. The van der Waals surface area contributed by atoms with Crippen LogP contribution in [0, 0.1) is 0 Å². The number of carboxylic acid groups (broad SMARTS) is 1. The summed E-state index contributed by atoms with van der Waals surface area (Å²) in [6, 6.07) is 17.5. The van der Waals surface area contributed by atoms with Gasteiger partial charge in [-0.1, -0.05) is 43.1 Å². The molecule has 32 heavy (non-hydrogen) atoms. The molecule has 3 nitrogen and oxygen atoms in total. The van der Waals surface area contributed by atoms with Crippen LogP contribution in [-0.2, 0) is 11.0 Å². The van der Waals surface area contributed by atoms with E-state index in [4.69, 9.17) is 11.6 Å². The molecule has 3 aromatic rings. The van der Waals surface area contributed by atoms with Crippen molar-refractivity contribution >= 4 is 28.9 Å². The van der Waals surface area contributed by atoms with E-state index in [1.54, 1.807) is 18.2 Å². The van der Waals surface area contributed by atoms with E-state index in [9.17, 15) is 23.1 Å². The van der Waals surface area contributed by atoms with Gasteiger partial charge in [0.1, 0.15) is 0 Å². The monoisotopic (exact) mass is 461 g/mol. The zero-order valence-corrected chi connectivity index (χ0v) is 18.4. The molecule has 0 amide bonds. The summed E-state index contributed by atoms with van der Waals surface area (Å²) in [4.78, 5) is 13.8. The standard InChI is InChI=1S/C25H23ClF3NO2/c1-3-4-23(24(31)32)18-13-17(16-5-7-19(8-6-16)25(27,28)29)14-22(15-18)30(2)21-11-9-20(26)10-12-21/h5-15,23H,3-4H2,1-2H3,(H,31,32). The number of carboxylic acids is 1. The number of aliphatic carboxylic acids is 1. The molecule has 3 aromatic carbocycles. The van der Waals surface area contributed by atoms with Gasteiger partial charge in [-0.25, -0.2) is 0 Å². The number of halogens is 4. The van der Waals surface area contributed by atoms with Crippen LogP contribution in [0.15, 0.2) is 66.7 Å². The van der Waals surface area contributed by atoms with E-state index in [-0.39, 0.29) is 0 Å². The Morgan fingerprint density at radius 2 is 1.59 bits per heavy atom. The Morgan fingerprint density at radius 1 is 0.969 bits per heavy atom. The number of carbonyl (C=O) groups is 1. The highest BCUT2D eigenvalue weighted by molar-refractivity contribution is 6.30. The zero-order chi connectivity index (χ0) is 23.5. The second-order valence-corrected chi connectivity index (χ2v) is 8.04. The molecule has 1 N–H and O–H groups in total. The molecule has 0 fully saturated rings. The summed E-state index contributed by atoms with van der Waals surface area (Å²) in [6.45, 7) is 1.91. The summed E-state index contributed by atoms with van der Waals surface area (Å²) in [5.74, 6) is -1.65. The maximum absolute atomic E-state index is 13.0. The van der Waals surface area contributed by atoms with Crippen molar-refractivity contribution in [1.29, 1.82) is 0 Å². The molecule has 0 aliphatic rings. The van der Waals surface area contributed by atoms with Gasteiger partial charge < -0.3 is 10.0 Å². The SMILES string of the molecule is CCCC(C(=O)O)c1cc(-c2ccc(C(F)(F)F)cc2)cc(N(C)c2ccc(Cl)cc2)c1. The largest absolute Gasteiger partial charge is 0.481 e. The molecule has 0 heterocycles. The Balaban J connectivity index is 2.11. The molecule has 0 spiro atoms. The second-order valence-electron chi connectivity index (χ2n) is 7.60. The summed E-state index contributed by atoms with van der Waals surface area (Å²) < 4.78 is 38.9. The minimum Gasteiger partial charge on any atom is -0.481 e. The van der Waals surface area contributed by atoms with Gasteiger partial charge in [0.2, 0.25) is 0 Å². The Bertz CT molecular complexity index is 1080. The van der Waals surface area contributed by atoms with Gasteiger partial charge in [0, 0.05) is 23.4 Å². The molecule has 7 heteroatoms. The van der Waals surface area contributed by atoms with Crippen LogP contribution in [0.3, 0.4) is 0 Å². The van der Waals surface area contributed by atoms with Crippen LogP contribution in [0.25, 0.3) is 11.1 Å². The molecular weight excluding hydrogens is 439 g/mol. The minimum absolute atomic E-state index is 0.454. The molecule has 0 bridgehead atoms. The van der Waals surface area contributed by atoms with Crippen LogP contribution in [-0.4, -0.2) is 18.1 Å². The molecule has 1 atom stereocenters. The van der Waals surface area contributed by atoms with Crippen LogP contribution in [0.2, 0.25) is 5.02 Å². The molecule has 0 saturated carbocycles. The Hall–Kier alpha value is -2.99. The van der Waals surface area contributed by atoms with Gasteiger partial charge in [-0.05, 0) is 71.6 Å². The summed E-state index contributed by atoms with van der Waals surface area (Å²) >= 11 is 5.98. The van der Waals surface area contributed by atoms with Crippen molar-refractivity contribution in [2.45, 2.75) is 31.9 Å². The maximum Gasteiger partial charge on any atom is 0.416 e. The van der Waals surface area contributed by atoms with Crippen LogP contribution in [0.5, 0.6) is 0 Å². The van der Waals surface area contributed by atoms with Crippen LogP contribution in [0.4, 0.5) is 24.5 Å². The Labute approximate surface area is 190 Å². The van der Waals surface area contributed by atoms with Crippen molar-refractivity contribution in [3.63, 3.8) is 0 Å². The number of benzene rings is 3. The second kappa shape index (κ2) is 9.65. The summed E-state index contributed by atoms with van der Waals surface area (Å²) in [6.07, 6.45) is -3.28. The fourth-order valence-corrected chi connectivity index (χ4v) is 3.71. The normalized spacial score (nSPS) is 12.4. The van der Waals surface area contributed by atoms with Crippen molar-refractivity contribution in [2.24, 2.45) is 0 Å². The molecule has 1 unspecified atom stereocenters. The fourth-order valence-electron chi connectivity index (χ4n) is 3.58. The number of alkyl halides is 3. The van der Waals surface area contributed by atoms with Gasteiger partial charge in [0.05, 0.1) is 11.5 Å². The molecule has 168 valence electrons. The van der Waals surface area contributed by atoms with Gasteiger partial charge in [0.15, 0.2) is 0 Å². The highest BCUT2D eigenvalue weighted by Crippen LogP contribution is 2.36. The number of anilines is 2. The van der Waals surface area contributed by atoms with Gasteiger partial charge in [-0.15, -0.1) is 0 Å². The van der Waals surface area contributed by atoms with Gasteiger partial charge in [0.25, 0.3) is 0 Å². The number of hydrogen-bond donors (Lipinski definition) is 1. The minimum atomic E-state index is -4.42. The Kier molecular flexibility index (Phi) is 7.14. The number of nitrogens with zero attached hydrogens (tertiary/aromatic N) is 1. The first-order valence-electron chi connectivity index (χ1n) is 10.1. The lowest BCUT2D eigenvalue weighted by Crippen LogP contribution is -2.14. The maximum atomic E-state index is 13.0. The van der Waals surface area contributed by atoms with Gasteiger partial charge >= 0.3 is 12.1 Å². The van der Waals surface area contributed by atoms with E-state index in [1.165, 1.54) is 12.1 Å². The first kappa shape index (κ1) is 23.7. The lowest BCUT2D eigenvalue weighted by molar-refractivity contribution is -0.139. The third-order valence-corrected chi connectivity index (χ3v) is 5.62. The first-order chi connectivity index (χ1) is 15.1. The topological polar surface area (TPSA) is 40.5 Å². The lowest BCUT2D eigenvalue weighted by Gasteiger charge is -2.23. The molecule has 0 aliphatic carbocycles. The molecule has 0 saturated heterocycles. The highest BCUT2D eigenvalue weighted by Gasteiger charge is 2.30. The molecule has 3 rings (SSSR count). The lowest BCUT2D eigenvalue weighted by atomic mass is 9.90. The predicted molar refractivity (Wildman–Crippen MR) is 122 cm³/mol. The third kappa shape index (κ3) is 5.43. The number of rotatable bonds is 7. The first-order valence-corrected chi connectivity index (χ1v) is 10.5. The van der Waals surface area contributed by atoms with E-state index in [0.29, 0.717) is 34.6 Å². The highest BCUT2D eigenvalue weighted by atomic mass is 35.5. The van der Waals surface area contributed by atoms with Gasteiger partial charge in [-0.3, -0.25) is 4.79 Å².